The molecule has 3 aromatic carbocycles. The first-order chi connectivity index (χ1) is 17.7. The van der Waals surface area contributed by atoms with Crippen LogP contribution in [0, 0.1) is 5.92 Å². The maximum absolute atomic E-state index is 13.6. The van der Waals surface area contributed by atoms with Gasteiger partial charge in [-0.2, -0.15) is 0 Å². The number of anilines is 2. The summed E-state index contributed by atoms with van der Waals surface area (Å²) in [5, 5.41) is 3.34. The van der Waals surface area contributed by atoms with Crippen LogP contribution in [-0.4, -0.2) is 41.0 Å². The molecule has 0 saturated carbocycles. The van der Waals surface area contributed by atoms with E-state index in [1.165, 1.54) is 5.56 Å². The van der Waals surface area contributed by atoms with Crippen LogP contribution >= 0.6 is 0 Å². The van der Waals surface area contributed by atoms with Crippen LogP contribution in [-0.2, 0) is 6.42 Å². The Morgan fingerprint density at radius 3 is 2.42 bits per heavy atom. The summed E-state index contributed by atoms with van der Waals surface area (Å²) in [6.07, 6.45) is 4.68. The lowest BCUT2D eigenvalue weighted by atomic mass is 9.90. The Balaban J connectivity index is 1.37. The molecule has 4 aromatic rings. The quantitative estimate of drug-likeness (QED) is 0.353. The van der Waals surface area contributed by atoms with Crippen molar-refractivity contribution in [1.82, 2.24) is 14.9 Å². The molecule has 5 rings (SSSR count). The van der Waals surface area contributed by atoms with Gasteiger partial charge in [0.15, 0.2) is 5.82 Å². The molecule has 6 nitrogen and oxygen atoms in total. The van der Waals surface area contributed by atoms with Crippen LogP contribution in [0.4, 0.5) is 11.5 Å². The molecule has 0 atom stereocenters. The van der Waals surface area contributed by atoms with Crippen LogP contribution in [0.3, 0.4) is 0 Å². The van der Waals surface area contributed by atoms with Crippen molar-refractivity contribution >= 4 is 17.4 Å². The van der Waals surface area contributed by atoms with E-state index in [4.69, 9.17) is 9.72 Å². The Hall–Kier alpha value is -4.19. The number of aromatic nitrogens is 2. The number of benzene rings is 3. The number of nitrogens with one attached hydrogen (secondary N) is 1. The van der Waals surface area contributed by atoms with Crippen molar-refractivity contribution in [3.63, 3.8) is 0 Å². The number of carbonyl (C=O) groups is 1. The third-order valence-electron chi connectivity index (χ3n) is 6.65. The second kappa shape index (κ2) is 11.0. The van der Waals surface area contributed by atoms with Gasteiger partial charge >= 0.3 is 0 Å². The predicted molar refractivity (Wildman–Crippen MR) is 143 cm³/mol. The Kier molecular flexibility index (Phi) is 7.22. The fourth-order valence-corrected chi connectivity index (χ4v) is 4.66. The summed E-state index contributed by atoms with van der Waals surface area (Å²) in [5.41, 5.74) is 3.52. The van der Waals surface area contributed by atoms with Crippen molar-refractivity contribution in [1.29, 1.82) is 0 Å². The number of hydrogen-bond donors (Lipinski definition) is 1. The Morgan fingerprint density at radius 2 is 1.69 bits per heavy atom. The summed E-state index contributed by atoms with van der Waals surface area (Å²) in [7, 11) is 1.63. The number of amides is 1. The van der Waals surface area contributed by atoms with Crippen molar-refractivity contribution in [2.75, 3.05) is 25.5 Å². The van der Waals surface area contributed by atoms with Gasteiger partial charge in [0, 0.05) is 36.6 Å². The Morgan fingerprint density at radius 1 is 0.972 bits per heavy atom. The monoisotopic (exact) mass is 478 g/mol. The minimum absolute atomic E-state index is 0.0434. The standard InChI is InChI=1S/C30H30N4O2/c1-36-26-14-8-13-25(20-26)32-29-27(21-31-28(33-29)24-11-6-3-7-12-24)30(35)34-17-15-23(16-18-34)19-22-9-4-2-5-10-22/h2-14,20-21,23H,15-19H2,1H3,(H,31,32,33). The van der Waals surface area contributed by atoms with E-state index >= 15 is 0 Å². The van der Waals surface area contributed by atoms with Crippen molar-refractivity contribution < 1.29 is 9.53 Å². The van der Waals surface area contributed by atoms with Crippen LogP contribution < -0.4 is 10.1 Å². The van der Waals surface area contributed by atoms with E-state index in [0.717, 1.165) is 49.4 Å². The summed E-state index contributed by atoms with van der Waals surface area (Å²) in [4.78, 5) is 24.9. The molecule has 1 aliphatic heterocycles. The second-order valence-electron chi connectivity index (χ2n) is 9.10. The minimum atomic E-state index is -0.0434. The molecule has 1 N–H and O–H groups in total. The van der Waals surface area contributed by atoms with E-state index in [0.29, 0.717) is 23.1 Å². The number of nitrogens with zero attached hydrogens (tertiary/aromatic N) is 3. The predicted octanol–water partition coefficient (Wildman–Crippen LogP) is 5.99. The highest BCUT2D eigenvalue weighted by Crippen LogP contribution is 2.28. The summed E-state index contributed by atoms with van der Waals surface area (Å²) in [5.74, 6) is 2.33. The molecule has 1 aliphatic rings. The third kappa shape index (κ3) is 5.54. The molecule has 1 fully saturated rings. The van der Waals surface area contributed by atoms with Gasteiger partial charge in [0.1, 0.15) is 17.1 Å². The van der Waals surface area contributed by atoms with E-state index < -0.39 is 0 Å². The van der Waals surface area contributed by atoms with Crippen molar-refractivity contribution in [2.45, 2.75) is 19.3 Å². The number of ether oxygens (including phenoxy) is 1. The van der Waals surface area contributed by atoms with Crippen molar-refractivity contribution in [3.05, 3.63) is 102 Å². The third-order valence-corrected chi connectivity index (χ3v) is 6.65. The highest BCUT2D eigenvalue weighted by Gasteiger charge is 2.26. The fourth-order valence-electron chi connectivity index (χ4n) is 4.66. The first-order valence-corrected chi connectivity index (χ1v) is 12.4. The molecule has 0 spiro atoms. The average molecular weight is 479 g/mol. The summed E-state index contributed by atoms with van der Waals surface area (Å²) >= 11 is 0. The van der Waals surface area contributed by atoms with Gasteiger partial charge in [0.05, 0.1) is 7.11 Å². The maximum Gasteiger partial charge on any atom is 0.259 e. The molecule has 182 valence electrons. The highest BCUT2D eigenvalue weighted by molar-refractivity contribution is 5.99. The Labute approximate surface area is 212 Å². The average Bonchev–Trinajstić information content (AvgIpc) is 2.94. The van der Waals surface area contributed by atoms with Crippen molar-refractivity contribution in [3.8, 4) is 17.1 Å². The summed E-state index contributed by atoms with van der Waals surface area (Å²) < 4.78 is 5.36. The van der Waals surface area contributed by atoms with E-state index in [2.05, 4.69) is 34.6 Å². The van der Waals surface area contributed by atoms with E-state index in [1.807, 2.05) is 65.6 Å². The molecule has 1 aromatic heterocycles. The smallest absolute Gasteiger partial charge is 0.259 e. The number of rotatable bonds is 7. The van der Waals surface area contributed by atoms with Crippen LogP contribution in [0.25, 0.3) is 11.4 Å². The van der Waals surface area contributed by atoms with Gasteiger partial charge in [-0.3, -0.25) is 4.79 Å². The van der Waals surface area contributed by atoms with Gasteiger partial charge in [-0.25, -0.2) is 9.97 Å². The summed E-state index contributed by atoms with van der Waals surface area (Å²) in [6, 6.07) is 28.0. The zero-order valence-electron chi connectivity index (χ0n) is 20.4. The fraction of sp³-hybridized carbons (Fsp3) is 0.233. The molecule has 0 bridgehead atoms. The Bertz CT molecular complexity index is 1300. The molecule has 0 unspecified atom stereocenters. The van der Waals surface area contributed by atoms with E-state index in [9.17, 15) is 4.79 Å². The van der Waals surface area contributed by atoms with Gasteiger partial charge < -0.3 is 15.0 Å². The van der Waals surface area contributed by atoms with Gasteiger partial charge in [0.2, 0.25) is 0 Å². The van der Waals surface area contributed by atoms with Crippen molar-refractivity contribution in [2.24, 2.45) is 5.92 Å². The zero-order valence-corrected chi connectivity index (χ0v) is 20.4. The highest BCUT2D eigenvalue weighted by atomic mass is 16.5. The lowest BCUT2D eigenvalue weighted by molar-refractivity contribution is 0.0691. The minimum Gasteiger partial charge on any atom is -0.497 e. The molecule has 0 aliphatic carbocycles. The van der Waals surface area contributed by atoms with Crippen LogP contribution in [0.1, 0.15) is 28.8 Å². The SMILES string of the molecule is COc1cccc(Nc2nc(-c3ccccc3)ncc2C(=O)N2CCC(Cc3ccccc3)CC2)c1. The normalized spacial score (nSPS) is 13.9. The maximum atomic E-state index is 13.6. The largest absolute Gasteiger partial charge is 0.497 e. The van der Waals surface area contributed by atoms with E-state index in [-0.39, 0.29) is 5.91 Å². The molecule has 0 radical (unpaired) electrons. The number of carbonyl (C=O) groups excluding carboxylic acids is 1. The molecular formula is C30H30N4O2. The molecule has 36 heavy (non-hydrogen) atoms. The molecular weight excluding hydrogens is 448 g/mol. The topological polar surface area (TPSA) is 67.3 Å². The van der Waals surface area contributed by atoms with Crippen LogP contribution in [0.5, 0.6) is 5.75 Å². The van der Waals surface area contributed by atoms with Gasteiger partial charge in [-0.1, -0.05) is 66.7 Å². The van der Waals surface area contributed by atoms with Crippen LogP contribution in [0.2, 0.25) is 0 Å². The second-order valence-corrected chi connectivity index (χ2v) is 9.10. The summed E-state index contributed by atoms with van der Waals surface area (Å²) in [6.45, 7) is 1.46. The first kappa shape index (κ1) is 23.5. The zero-order chi connectivity index (χ0) is 24.7. The number of hydrogen-bond acceptors (Lipinski definition) is 5. The number of methoxy groups -OCH3 is 1. The van der Waals surface area contributed by atoms with Gasteiger partial charge in [0.25, 0.3) is 5.91 Å². The van der Waals surface area contributed by atoms with Gasteiger partial charge in [-0.15, -0.1) is 0 Å². The van der Waals surface area contributed by atoms with Crippen LogP contribution in [0.15, 0.2) is 91.1 Å². The molecule has 1 saturated heterocycles. The first-order valence-electron chi connectivity index (χ1n) is 12.4. The molecule has 6 heteroatoms. The molecule has 2 heterocycles. The molecule has 1 amide bonds. The number of likely N-dealkylation sites (tertiary alicyclic amines) is 1. The lowest BCUT2D eigenvalue weighted by Gasteiger charge is -2.32. The van der Waals surface area contributed by atoms with Gasteiger partial charge in [-0.05, 0) is 42.9 Å². The lowest BCUT2D eigenvalue weighted by Crippen LogP contribution is -2.39. The number of piperidine rings is 1. The van der Waals surface area contributed by atoms with E-state index in [1.54, 1.807) is 13.3 Å².